The molecule has 0 radical (unpaired) electrons. The second-order valence-corrected chi connectivity index (χ2v) is 6.56. The highest BCUT2D eigenvalue weighted by molar-refractivity contribution is 5.97. The summed E-state index contributed by atoms with van der Waals surface area (Å²) < 4.78 is 10.5. The van der Waals surface area contributed by atoms with Gasteiger partial charge in [0.25, 0.3) is 5.91 Å². The van der Waals surface area contributed by atoms with Gasteiger partial charge in [0.15, 0.2) is 0 Å². The van der Waals surface area contributed by atoms with E-state index in [1.54, 1.807) is 32.4 Å². The Hall–Kier alpha value is -2.80. The van der Waals surface area contributed by atoms with Gasteiger partial charge < -0.3 is 24.6 Å². The van der Waals surface area contributed by atoms with Crippen molar-refractivity contribution < 1.29 is 14.3 Å². The molecule has 7 nitrogen and oxygen atoms in total. The Kier molecular flexibility index (Phi) is 6.13. The van der Waals surface area contributed by atoms with E-state index in [4.69, 9.17) is 9.47 Å². The third kappa shape index (κ3) is 4.68. The van der Waals surface area contributed by atoms with Crippen LogP contribution in [0.5, 0.6) is 11.5 Å². The largest absolute Gasteiger partial charge is 0.497 e. The predicted octanol–water partition coefficient (Wildman–Crippen LogP) is 1.78. The van der Waals surface area contributed by atoms with Crippen LogP contribution in [0.1, 0.15) is 15.9 Å². The van der Waals surface area contributed by atoms with Crippen molar-refractivity contribution in [2.45, 2.75) is 6.54 Å². The lowest BCUT2D eigenvalue weighted by molar-refractivity contribution is 0.0947. The number of carbonyl (C=O) groups excluding carboxylic acids is 1. The Morgan fingerprint density at radius 3 is 2.52 bits per heavy atom. The average Bonchev–Trinajstić information content (AvgIpc) is 2.72. The molecule has 1 aliphatic heterocycles. The fourth-order valence-electron chi connectivity index (χ4n) is 3.01. The summed E-state index contributed by atoms with van der Waals surface area (Å²) in [6.45, 7) is 4.45. The number of ether oxygens (including phenoxy) is 2. The SMILES string of the molecule is COc1ccc(OC)c(C(=O)NCc2ccc(N3CCN(C)CC3)nc2)c1. The van der Waals surface area contributed by atoms with Gasteiger partial charge in [0, 0.05) is 38.9 Å². The van der Waals surface area contributed by atoms with Gasteiger partial charge >= 0.3 is 0 Å². The standard InChI is InChI=1S/C20H26N4O3/c1-23-8-10-24(11-9-23)19-7-4-15(13-21-19)14-22-20(25)17-12-16(26-2)5-6-18(17)27-3/h4-7,12-13H,8-11,14H2,1-3H3,(H,22,25). The molecule has 1 aliphatic rings. The lowest BCUT2D eigenvalue weighted by Crippen LogP contribution is -2.44. The molecule has 0 atom stereocenters. The summed E-state index contributed by atoms with van der Waals surface area (Å²) in [7, 11) is 5.24. The van der Waals surface area contributed by atoms with Crippen LogP contribution in [0.15, 0.2) is 36.5 Å². The molecule has 2 aromatic rings. The molecule has 0 unspecified atom stereocenters. The van der Waals surface area contributed by atoms with Gasteiger partial charge in [-0.25, -0.2) is 4.98 Å². The Bertz CT molecular complexity index is 771. The Morgan fingerprint density at radius 1 is 1.11 bits per heavy atom. The molecule has 0 saturated carbocycles. The van der Waals surface area contributed by atoms with Gasteiger partial charge in [0.05, 0.1) is 19.8 Å². The average molecular weight is 370 g/mol. The minimum atomic E-state index is -0.214. The number of nitrogens with one attached hydrogen (secondary N) is 1. The number of hydrogen-bond acceptors (Lipinski definition) is 6. The predicted molar refractivity (Wildman–Crippen MR) is 105 cm³/mol. The zero-order valence-electron chi connectivity index (χ0n) is 16.1. The van der Waals surface area contributed by atoms with Crippen molar-refractivity contribution in [1.82, 2.24) is 15.2 Å². The maximum atomic E-state index is 12.5. The summed E-state index contributed by atoms with van der Waals surface area (Å²) >= 11 is 0. The van der Waals surface area contributed by atoms with Crippen molar-refractivity contribution in [3.63, 3.8) is 0 Å². The maximum Gasteiger partial charge on any atom is 0.255 e. The van der Waals surface area contributed by atoms with E-state index in [9.17, 15) is 4.79 Å². The number of benzene rings is 1. The molecule has 1 saturated heterocycles. The van der Waals surface area contributed by atoms with Gasteiger partial charge in [-0.1, -0.05) is 6.07 Å². The monoisotopic (exact) mass is 370 g/mol. The van der Waals surface area contributed by atoms with E-state index in [0.29, 0.717) is 23.6 Å². The first-order chi connectivity index (χ1) is 13.1. The van der Waals surface area contributed by atoms with Gasteiger partial charge in [0.2, 0.25) is 0 Å². The molecule has 27 heavy (non-hydrogen) atoms. The number of amides is 1. The van der Waals surface area contributed by atoms with E-state index >= 15 is 0 Å². The third-order valence-corrected chi connectivity index (χ3v) is 4.74. The fourth-order valence-corrected chi connectivity index (χ4v) is 3.01. The number of aromatic nitrogens is 1. The fraction of sp³-hybridized carbons (Fsp3) is 0.400. The molecule has 1 aromatic heterocycles. The van der Waals surface area contributed by atoms with Crippen molar-refractivity contribution in [2.75, 3.05) is 52.3 Å². The molecular formula is C20H26N4O3. The molecule has 2 heterocycles. The molecule has 1 aromatic carbocycles. The number of nitrogens with zero attached hydrogens (tertiary/aromatic N) is 3. The quantitative estimate of drug-likeness (QED) is 0.836. The Labute approximate surface area is 159 Å². The first kappa shape index (κ1) is 19.0. The molecule has 3 rings (SSSR count). The smallest absolute Gasteiger partial charge is 0.255 e. The lowest BCUT2D eigenvalue weighted by atomic mass is 10.1. The molecule has 1 N–H and O–H groups in total. The normalized spacial score (nSPS) is 14.7. The van der Waals surface area contributed by atoms with Crippen LogP contribution >= 0.6 is 0 Å². The van der Waals surface area contributed by atoms with Gasteiger partial charge in [-0.2, -0.15) is 0 Å². The van der Waals surface area contributed by atoms with Crippen LogP contribution in [-0.4, -0.2) is 63.2 Å². The number of likely N-dealkylation sites (N-methyl/N-ethyl adjacent to an activating group) is 1. The van der Waals surface area contributed by atoms with Crippen LogP contribution < -0.4 is 19.7 Å². The minimum Gasteiger partial charge on any atom is -0.497 e. The van der Waals surface area contributed by atoms with E-state index in [1.807, 2.05) is 18.3 Å². The van der Waals surface area contributed by atoms with E-state index in [1.165, 1.54) is 0 Å². The molecule has 0 spiro atoms. The molecule has 0 bridgehead atoms. The number of methoxy groups -OCH3 is 2. The van der Waals surface area contributed by atoms with Crippen molar-refractivity contribution in [1.29, 1.82) is 0 Å². The zero-order valence-corrected chi connectivity index (χ0v) is 16.1. The van der Waals surface area contributed by atoms with Gasteiger partial charge in [-0.15, -0.1) is 0 Å². The van der Waals surface area contributed by atoms with E-state index in [0.717, 1.165) is 37.6 Å². The molecule has 1 fully saturated rings. The van der Waals surface area contributed by atoms with Crippen LogP contribution in [-0.2, 0) is 6.54 Å². The van der Waals surface area contributed by atoms with Gasteiger partial charge in [-0.3, -0.25) is 4.79 Å². The number of anilines is 1. The van der Waals surface area contributed by atoms with Gasteiger partial charge in [0.1, 0.15) is 17.3 Å². The van der Waals surface area contributed by atoms with Crippen LogP contribution in [0.4, 0.5) is 5.82 Å². The summed E-state index contributed by atoms with van der Waals surface area (Å²) in [5, 5.41) is 2.91. The van der Waals surface area contributed by atoms with Crippen LogP contribution in [0, 0.1) is 0 Å². The van der Waals surface area contributed by atoms with Crippen molar-refractivity contribution >= 4 is 11.7 Å². The number of hydrogen-bond donors (Lipinski definition) is 1. The van der Waals surface area contributed by atoms with Crippen LogP contribution in [0.3, 0.4) is 0 Å². The Morgan fingerprint density at radius 2 is 1.89 bits per heavy atom. The highest BCUT2D eigenvalue weighted by Gasteiger charge is 2.16. The van der Waals surface area contributed by atoms with Crippen molar-refractivity contribution in [3.8, 4) is 11.5 Å². The van der Waals surface area contributed by atoms with Crippen LogP contribution in [0.2, 0.25) is 0 Å². The lowest BCUT2D eigenvalue weighted by Gasteiger charge is -2.33. The van der Waals surface area contributed by atoms with Gasteiger partial charge in [-0.05, 0) is 36.9 Å². The summed E-state index contributed by atoms with van der Waals surface area (Å²) in [6, 6.07) is 9.17. The topological polar surface area (TPSA) is 66.9 Å². The van der Waals surface area contributed by atoms with E-state index in [2.05, 4.69) is 27.1 Å². The summed E-state index contributed by atoms with van der Waals surface area (Å²) in [4.78, 5) is 21.7. The molecule has 7 heteroatoms. The maximum absolute atomic E-state index is 12.5. The number of pyridine rings is 1. The second-order valence-electron chi connectivity index (χ2n) is 6.56. The zero-order chi connectivity index (χ0) is 19.2. The number of piperazine rings is 1. The Balaban J connectivity index is 1.61. The highest BCUT2D eigenvalue weighted by Crippen LogP contribution is 2.24. The van der Waals surface area contributed by atoms with Crippen LogP contribution in [0.25, 0.3) is 0 Å². The summed E-state index contributed by atoms with van der Waals surface area (Å²) in [6.07, 6.45) is 1.82. The number of carbonyl (C=O) groups is 1. The highest BCUT2D eigenvalue weighted by atomic mass is 16.5. The third-order valence-electron chi connectivity index (χ3n) is 4.74. The first-order valence-electron chi connectivity index (χ1n) is 8.99. The molecule has 1 amide bonds. The molecule has 144 valence electrons. The minimum absolute atomic E-state index is 0.214. The van der Waals surface area contributed by atoms with Crippen molar-refractivity contribution in [3.05, 3.63) is 47.7 Å². The van der Waals surface area contributed by atoms with E-state index in [-0.39, 0.29) is 5.91 Å². The first-order valence-corrected chi connectivity index (χ1v) is 8.99. The summed E-state index contributed by atoms with van der Waals surface area (Å²) in [5.74, 6) is 1.89. The molecular weight excluding hydrogens is 344 g/mol. The van der Waals surface area contributed by atoms with E-state index < -0.39 is 0 Å². The molecule has 0 aliphatic carbocycles. The second kappa shape index (κ2) is 8.73. The number of rotatable bonds is 6. The van der Waals surface area contributed by atoms with Crippen molar-refractivity contribution in [2.24, 2.45) is 0 Å². The summed E-state index contributed by atoms with van der Waals surface area (Å²) in [5.41, 5.74) is 1.39.